The Morgan fingerprint density at radius 1 is 1.28 bits per heavy atom. The molecule has 1 aliphatic carbocycles. The number of benzene rings is 1. The number of nitrogens with zero attached hydrogens (tertiary/aromatic N) is 1. The van der Waals surface area contributed by atoms with Crippen LogP contribution in [0, 0.1) is 11.8 Å². The highest BCUT2D eigenvalue weighted by atomic mass is 16.4. The lowest BCUT2D eigenvalue weighted by atomic mass is 9.60. The summed E-state index contributed by atoms with van der Waals surface area (Å²) < 4.78 is 1.54. The Bertz CT molecular complexity index is 1060. The molecule has 8 heteroatoms. The number of hydrogen-bond acceptors (Lipinski definition) is 4. The second-order valence-electron chi connectivity index (χ2n) is 9.12. The smallest absolute Gasteiger partial charge is 0.352 e. The highest BCUT2D eigenvalue weighted by molar-refractivity contribution is 6.06. The zero-order chi connectivity index (χ0) is 23.6. The first-order chi connectivity index (χ1) is 15.1. The molecule has 3 rings (SSSR count). The Morgan fingerprint density at radius 2 is 1.97 bits per heavy atom. The SMILES string of the molecule is CC(C)C[C@@H](C=O)NC(=O)[C@@H]1CCCC[C@@]1(C(N)=O)c1c(C(=O)O)n(C)c2ccccc12. The fourth-order valence-corrected chi connectivity index (χ4v) is 5.28. The summed E-state index contributed by atoms with van der Waals surface area (Å²) in [6, 6.07) is 6.43. The van der Waals surface area contributed by atoms with Crippen molar-refractivity contribution in [1.82, 2.24) is 9.88 Å². The molecule has 0 unspecified atom stereocenters. The maximum atomic E-state index is 13.4. The van der Waals surface area contributed by atoms with Crippen LogP contribution in [0.1, 0.15) is 62.0 Å². The summed E-state index contributed by atoms with van der Waals surface area (Å²) in [6.07, 6.45) is 3.16. The average molecular weight is 442 g/mol. The van der Waals surface area contributed by atoms with E-state index in [0.29, 0.717) is 48.4 Å². The highest BCUT2D eigenvalue weighted by Crippen LogP contribution is 2.48. The summed E-state index contributed by atoms with van der Waals surface area (Å²) in [6.45, 7) is 3.90. The molecule has 2 amide bonds. The Balaban J connectivity index is 2.21. The van der Waals surface area contributed by atoms with E-state index in [1.165, 1.54) is 4.57 Å². The van der Waals surface area contributed by atoms with Gasteiger partial charge in [-0.05, 0) is 31.2 Å². The van der Waals surface area contributed by atoms with Gasteiger partial charge < -0.3 is 25.5 Å². The van der Waals surface area contributed by atoms with Crippen LogP contribution in [0.15, 0.2) is 24.3 Å². The largest absolute Gasteiger partial charge is 0.477 e. The molecule has 1 heterocycles. The van der Waals surface area contributed by atoms with Crippen molar-refractivity contribution in [2.24, 2.45) is 24.6 Å². The number of primary amides is 1. The topological polar surface area (TPSA) is 131 Å². The maximum Gasteiger partial charge on any atom is 0.352 e. The summed E-state index contributed by atoms with van der Waals surface area (Å²) in [5, 5.41) is 13.4. The molecule has 1 saturated carbocycles. The number of carbonyl (C=O) groups excluding carboxylic acids is 3. The van der Waals surface area contributed by atoms with Crippen molar-refractivity contribution < 1.29 is 24.3 Å². The van der Waals surface area contributed by atoms with Crippen LogP contribution < -0.4 is 11.1 Å². The predicted molar refractivity (Wildman–Crippen MR) is 120 cm³/mol. The minimum atomic E-state index is -1.48. The third kappa shape index (κ3) is 3.89. The van der Waals surface area contributed by atoms with Crippen molar-refractivity contribution in [3.63, 3.8) is 0 Å². The van der Waals surface area contributed by atoms with Crippen LogP contribution in [0.4, 0.5) is 0 Å². The van der Waals surface area contributed by atoms with Gasteiger partial charge in [0.25, 0.3) is 0 Å². The predicted octanol–water partition coefficient (Wildman–Crippen LogP) is 2.52. The number of carbonyl (C=O) groups is 4. The maximum absolute atomic E-state index is 13.4. The molecule has 0 saturated heterocycles. The number of hydrogen-bond donors (Lipinski definition) is 3. The number of aromatic carboxylic acids is 1. The number of carboxylic acids is 1. The zero-order valence-corrected chi connectivity index (χ0v) is 18.8. The second kappa shape index (κ2) is 9.14. The molecule has 0 aliphatic heterocycles. The molecule has 3 atom stereocenters. The number of aldehydes is 1. The third-order valence-corrected chi connectivity index (χ3v) is 6.64. The summed E-state index contributed by atoms with van der Waals surface area (Å²) in [5.74, 6) is -3.02. The molecule has 0 radical (unpaired) electrons. The molecule has 1 aromatic heterocycles. The summed E-state index contributed by atoms with van der Waals surface area (Å²) in [5.41, 5.74) is 5.40. The molecule has 172 valence electrons. The lowest BCUT2D eigenvalue weighted by molar-refractivity contribution is -0.138. The van der Waals surface area contributed by atoms with Gasteiger partial charge in [-0.2, -0.15) is 0 Å². The number of nitrogens with two attached hydrogens (primary N) is 1. The molecule has 2 aromatic rings. The first kappa shape index (κ1) is 23.5. The second-order valence-corrected chi connectivity index (χ2v) is 9.12. The van der Waals surface area contributed by atoms with E-state index < -0.39 is 35.2 Å². The molecule has 8 nitrogen and oxygen atoms in total. The monoisotopic (exact) mass is 441 g/mol. The minimum Gasteiger partial charge on any atom is -0.477 e. The van der Waals surface area contributed by atoms with Crippen molar-refractivity contribution in [3.8, 4) is 0 Å². The third-order valence-electron chi connectivity index (χ3n) is 6.64. The Labute approximate surface area is 187 Å². The number of aryl methyl sites for hydroxylation is 1. The van der Waals surface area contributed by atoms with Crippen LogP contribution in [-0.2, 0) is 26.8 Å². The van der Waals surface area contributed by atoms with E-state index in [-0.39, 0.29) is 18.0 Å². The molecular weight excluding hydrogens is 410 g/mol. The average Bonchev–Trinajstić information content (AvgIpc) is 3.05. The first-order valence-corrected chi connectivity index (χ1v) is 11.0. The molecule has 1 fully saturated rings. The molecule has 1 aromatic carbocycles. The Hall–Kier alpha value is -3.16. The van der Waals surface area contributed by atoms with Gasteiger partial charge in [0.05, 0.1) is 17.4 Å². The quantitative estimate of drug-likeness (QED) is 0.542. The van der Waals surface area contributed by atoms with Crippen LogP contribution in [0.3, 0.4) is 0 Å². The number of para-hydroxylation sites is 1. The number of fused-ring (bicyclic) bond motifs is 1. The highest BCUT2D eigenvalue weighted by Gasteiger charge is 2.54. The molecule has 0 bridgehead atoms. The van der Waals surface area contributed by atoms with Gasteiger partial charge in [0.2, 0.25) is 11.8 Å². The first-order valence-electron chi connectivity index (χ1n) is 11.0. The van der Waals surface area contributed by atoms with Crippen molar-refractivity contribution >= 4 is 35.0 Å². The van der Waals surface area contributed by atoms with Crippen LogP contribution in [0.25, 0.3) is 10.9 Å². The molecule has 32 heavy (non-hydrogen) atoms. The standard InChI is InChI=1S/C24H31N3O5/c1-14(2)12-15(13-28)26-21(29)17-9-6-7-11-24(17,23(25)32)19-16-8-4-5-10-18(16)27(3)20(19)22(30)31/h4-5,8,10,13-15,17H,6-7,9,11-12H2,1-3H3,(H2,25,32)(H,26,29)(H,30,31)/t15-,17-,24-/m0/s1. The lowest BCUT2D eigenvalue weighted by Crippen LogP contribution is -2.56. The number of rotatable bonds is 8. The van der Waals surface area contributed by atoms with Crippen molar-refractivity contribution in [1.29, 1.82) is 0 Å². The Kier molecular flexibility index (Phi) is 6.71. The molecule has 1 aliphatic rings. The molecular formula is C24H31N3O5. The van der Waals surface area contributed by atoms with Crippen LogP contribution in [0.5, 0.6) is 0 Å². The van der Waals surface area contributed by atoms with E-state index in [2.05, 4.69) is 5.32 Å². The van der Waals surface area contributed by atoms with E-state index in [1.807, 2.05) is 13.8 Å². The fraction of sp³-hybridized carbons (Fsp3) is 0.500. The lowest BCUT2D eigenvalue weighted by Gasteiger charge is -2.41. The van der Waals surface area contributed by atoms with Crippen molar-refractivity contribution in [2.45, 2.75) is 57.4 Å². The van der Waals surface area contributed by atoms with Crippen molar-refractivity contribution in [2.75, 3.05) is 0 Å². The number of amides is 2. The van der Waals surface area contributed by atoms with E-state index >= 15 is 0 Å². The van der Waals surface area contributed by atoms with Gasteiger partial charge in [-0.15, -0.1) is 0 Å². The van der Waals surface area contributed by atoms with Crippen LogP contribution >= 0.6 is 0 Å². The van der Waals surface area contributed by atoms with Gasteiger partial charge in [-0.1, -0.05) is 44.9 Å². The van der Waals surface area contributed by atoms with Gasteiger partial charge in [-0.25, -0.2) is 4.79 Å². The van der Waals surface area contributed by atoms with E-state index in [9.17, 15) is 24.3 Å². The van der Waals surface area contributed by atoms with Gasteiger partial charge in [0.15, 0.2) is 0 Å². The number of carboxylic acid groups (broad SMARTS) is 1. The summed E-state index contributed by atoms with van der Waals surface area (Å²) in [7, 11) is 1.63. The Morgan fingerprint density at radius 3 is 2.56 bits per heavy atom. The van der Waals surface area contributed by atoms with E-state index in [1.54, 1.807) is 31.3 Å². The fourth-order valence-electron chi connectivity index (χ4n) is 5.28. The summed E-state index contributed by atoms with van der Waals surface area (Å²) in [4.78, 5) is 50.4. The summed E-state index contributed by atoms with van der Waals surface area (Å²) >= 11 is 0. The van der Waals surface area contributed by atoms with Gasteiger partial charge >= 0.3 is 5.97 Å². The van der Waals surface area contributed by atoms with Crippen LogP contribution in [0.2, 0.25) is 0 Å². The zero-order valence-electron chi connectivity index (χ0n) is 18.8. The van der Waals surface area contributed by atoms with Gasteiger partial charge in [0.1, 0.15) is 12.0 Å². The van der Waals surface area contributed by atoms with E-state index in [0.717, 1.165) is 0 Å². The minimum absolute atomic E-state index is 0.0428. The number of aromatic nitrogens is 1. The van der Waals surface area contributed by atoms with Crippen molar-refractivity contribution in [3.05, 3.63) is 35.5 Å². The van der Waals surface area contributed by atoms with E-state index in [4.69, 9.17) is 5.73 Å². The van der Waals surface area contributed by atoms with Gasteiger partial charge in [-0.3, -0.25) is 9.59 Å². The normalized spacial score (nSPS) is 21.9. The molecule has 4 N–H and O–H groups in total. The number of nitrogens with one attached hydrogen (secondary N) is 1. The van der Waals surface area contributed by atoms with Crippen LogP contribution in [-0.4, -0.2) is 39.8 Å². The van der Waals surface area contributed by atoms with Gasteiger partial charge in [0, 0.05) is 23.5 Å². The molecule has 0 spiro atoms.